The quantitative estimate of drug-likeness (QED) is 0.284. The molecular formula is C36H30. The van der Waals surface area contributed by atoms with E-state index in [1.807, 2.05) is 0 Å². The van der Waals surface area contributed by atoms with E-state index in [-0.39, 0.29) is 0 Å². The smallest absolute Gasteiger partial charge is 0.00208 e. The molecule has 2 saturated carbocycles. The van der Waals surface area contributed by atoms with E-state index in [1.165, 1.54) is 51.8 Å². The Bertz CT molecular complexity index is 1370. The molecule has 3 aliphatic carbocycles. The van der Waals surface area contributed by atoms with Crippen molar-refractivity contribution in [2.75, 3.05) is 0 Å². The highest BCUT2D eigenvalue weighted by atomic mass is 14.6. The molecule has 4 atom stereocenters. The molecular weight excluding hydrogens is 432 g/mol. The monoisotopic (exact) mass is 462 g/mol. The molecule has 0 spiro atoms. The van der Waals surface area contributed by atoms with Crippen LogP contribution in [-0.2, 0) is 0 Å². The zero-order valence-corrected chi connectivity index (χ0v) is 20.4. The Morgan fingerprint density at radius 2 is 0.889 bits per heavy atom. The number of hydrogen-bond donors (Lipinski definition) is 0. The van der Waals surface area contributed by atoms with E-state index < -0.39 is 0 Å². The molecule has 0 amide bonds. The number of rotatable bonds is 4. The maximum absolute atomic E-state index is 2.54. The van der Waals surface area contributed by atoms with Gasteiger partial charge in [0.05, 0.1) is 0 Å². The molecule has 0 aromatic heterocycles. The van der Waals surface area contributed by atoms with Gasteiger partial charge in [0.15, 0.2) is 0 Å². The summed E-state index contributed by atoms with van der Waals surface area (Å²) in [5.41, 5.74) is 11.5. The van der Waals surface area contributed by atoms with Crippen molar-refractivity contribution in [3.05, 3.63) is 167 Å². The molecule has 174 valence electrons. The Morgan fingerprint density at radius 3 is 1.36 bits per heavy atom. The van der Waals surface area contributed by atoms with Crippen molar-refractivity contribution < 1.29 is 0 Å². The predicted molar refractivity (Wildman–Crippen MR) is 150 cm³/mol. The summed E-state index contributed by atoms with van der Waals surface area (Å²) in [4.78, 5) is 0. The van der Waals surface area contributed by atoms with E-state index in [1.54, 1.807) is 5.57 Å². The summed E-state index contributed by atoms with van der Waals surface area (Å²) in [7, 11) is 0. The first kappa shape index (κ1) is 21.4. The van der Waals surface area contributed by atoms with Gasteiger partial charge in [-0.05, 0) is 75.5 Å². The van der Waals surface area contributed by atoms with Gasteiger partial charge in [-0.25, -0.2) is 0 Å². The van der Waals surface area contributed by atoms with Gasteiger partial charge < -0.3 is 0 Å². The number of benzene rings is 4. The number of fused-ring (bicyclic) bond motifs is 5. The van der Waals surface area contributed by atoms with Gasteiger partial charge in [-0.15, -0.1) is 0 Å². The van der Waals surface area contributed by atoms with Gasteiger partial charge >= 0.3 is 0 Å². The lowest BCUT2D eigenvalue weighted by Crippen LogP contribution is -2.19. The van der Waals surface area contributed by atoms with Crippen LogP contribution in [0.15, 0.2) is 145 Å². The Morgan fingerprint density at radius 1 is 0.472 bits per heavy atom. The van der Waals surface area contributed by atoms with Crippen molar-refractivity contribution in [3.8, 4) is 0 Å². The van der Waals surface area contributed by atoms with Gasteiger partial charge in [-0.2, -0.15) is 0 Å². The summed E-state index contributed by atoms with van der Waals surface area (Å²) < 4.78 is 0. The molecule has 0 aliphatic heterocycles. The summed E-state index contributed by atoms with van der Waals surface area (Å²) in [6.07, 6.45) is 7.60. The average Bonchev–Trinajstić information content (AvgIpc) is 3.64. The molecule has 0 N–H and O–H groups in total. The standard InChI is InChI=1S/C36H30/c1-5-13-25(14-6-1)33(26-15-7-2-8-16-26)31-23-21-29-30-22-24-32(35(29)31)36(30)34(27-17-9-3-10-18-27)28-19-11-4-12-20-28/h1-21,23,29-30,32,35H,22,24H2/t29-,30-,32-,35+/m0/s1. The first-order chi connectivity index (χ1) is 17.9. The fraction of sp³-hybridized carbons (Fsp3) is 0.167. The van der Waals surface area contributed by atoms with E-state index >= 15 is 0 Å². The van der Waals surface area contributed by atoms with Crippen LogP contribution in [0.2, 0.25) is 0 Å². The summed E-state index contributed by atoms with van der Waals surface area (Å²) in [6, 6.07) is 44.2. The first-order valence-electron chi connectivity index (χ1n) is 13.3. The van der Waals surface area contributed by atoms with E-state index in [9.17, 15) is 0 Å². The van der Waals surface area contributed by atoms with Crippen LogP contribution in [0.25, 0.3) is 11.1 Å². The van der Waals surface area contributed by atoms with Gasteiger partial charge in [-0.1, -0.05) is 139 Å². The lowest BCUT2D eigenvalue weighted by atomic mass is 9.76. The molecule has 2 fully saturated rings. The van der Waals surface area contributed by atoms with Gasteiger partial charge in [0.25, 0.3) is 0 Å². The van der Waals surface area contributed by atoms with Crippen LogP contribution in [0.5, 0.6) is 0 Å². The summed E-state index contributed by atoms with van der Waals surface area (Å²) in [5, 5.41) is 0. The fourth-order valence-corrected chi connectivity index (χ4v) is 7.28. The topological polar surface area (TPSA) is 0 Å². The van der Waals surface area contributed by atoms with Crippen LogP contribution in [0.1, 0.15) is 35.1 Å². The molecule has 3 aliphatic rings. The van der Waals surface area contributed by atoms with Crippen molar-refractivity contribution in [1.29, 1.82) is 0 Å². The van der Waals surface area contributed by atoms with Crippen LogP contribution in [0, 0.1) is 23.7 Å². The van der Waals surface area contributed by atoms with Crippen molar-refractivity contribution in [1.82, 2.24) is 0 Å². The highest BCUT2D eigenvalue weighted by Gasteiger charge is 2.54. The van der Waals surface area contributed by atoms with E-state index in [4.69, 9.17) is 0 Å². The third kappa shape index (κ3) is 3.44. The maximum Gasteiger partial charge on any atom is -0.00208 e. The third-order valence-electron chi connectivity index (χ3n) is 8.58. The van der Waals surface area contributed by atoms with Crippen LogP contribution >= 0.6 is 0 Å². The largest absolute Gasteiger partial charge is 0.0799 e. The lowest BCUT2D eigenvalue weighted by molar-refractivity contribution is 0.322. The van der Waals surface area contributed by atoms with Crippen molar-refractivity contribution in [2.45, 2.75) is 12.8 Å². The Kier molecular flexibility index (Phi) is 5.32. The first-order valence-corrected chi connectivity index (χ1v) is 13.3. The Balaban J connectivity index is 1.44. The minimum Gasteiger partial charge on any atom is -0.0799 e. The Hall–Kier alpha value is -3.90. The second-order valence-electron chi connectivity index (χ2n) is 10.4. The van der Waals surface area contributed by atoms with E-state index in [0.29, 0.717) is 23.7 Å². The van der Waals surface area contributed by atoms with Crippen molar-refractivity contribution in [2.24, 2.45) is 23.7 Å². The SMILES string of the molecule is C1=C[C@@H]2[C@H](C1=C(c1ccccc1)c1ccccc1)[C@@H]1CC[C@@H]2C1=C(c1ccccc1)c1ccccc1. The van der Waals surface area contributed by atoms with Gasteiger partial charge in [0.2, 0.25) is 0 Å². The highest BCUT2D eigenvalue weighted by Crippen LogP contribution is 2.64. The fourth-order valence-electron chi connectivity index (χ4n) is 7.28. The van der Waals surface area contributed by atoms with Crippen LogP contribution in [-0.4, -0.2) is 0 Å². The van der Waals surface area contributed by atoms with Crippen LogP contribution in [0.4, 0.5) is 0 Å². The summed E-state index contributed by atoms with van der Waals surface area (Å²) >= 11 is 0. The van der Waals surface area contributed by atoms with E-state index in [2.05, 4.69) is 133 Å². The molecule has 2 bridgehead atoms. The second-order valence-corrected chi connectivity index (χ2v) is 10.4. The molecule has 0 unspecified atom stereocenters. The van der Waals surface area contributed by atoms with Gasteiger partial charge in [0.1, 0.15) is 0 Å². The molecule has 0 saturated heterocycles. The molecule has 0 radical (unpaired) electrons. The van der Waals surface area contributed by atoms with Crippen molar-refractivity contribution in [3.63, 3.8) is 0 Å². The zero-order chi connectivity index (χ0) is 23.9. The predicted octanol–water partition coefficient (Wildman–Crippen LogP) is 8.83. The molecule has 0 heteroatoms. The minimum atomic E-state index is 0.552. The minimum absolute atomic E-state index is 0.552. The molecule has 0 nitrogen and oxygen atoms in total. The van der Waals surface area contributed by atoms with Gasteiger partial charge in [0, 0.05) is 0 Å². The molecule has 7 rings (SSSR count). The molecule has 0 heterocycles. The zero-order valence-electron chi connectivity index (χ0n) is 20.4. The molecule has 4 aromatic rings. The molecule has 4 aromatic carbocycles. The van der Waals surface area contributed by atoms with Crippen LogP contribution < -0.4 is 0 Å². The normalized spacial score (nSPS) is 23.7. The lowest BCUT2D eigenvalue weighted by Gasteiger charge is -2.27. The van der Waals surface area contributed by atoms with E-state index in [0.717, 1.165) is 0 Å². The number of allylic oxidation sites excluding steroid dienone is 4. The van der Waals surface area contributed by atoms with Gasteiger partial charge in [-0.3, -0.25) is 0 Å². The Labute approximate surface area is 214 Å². The average molecular weight is 463 g/mol. The molecule has 36 heavy (non-hydrogen) atoms. The highest BCUT2D eigenvalue weighted by molar-refractivity contribution is 5.87. The second kappa shape index (κ2) is 8.95. The summed E-state index contributed by atoms with van der Waals surface area (Å²) in [5.74, 6) is 2.36. The maximum atomic E-state index is 2.54. The van der Waals surface area contributed by atoms with Crippen LogP contribution in [0.3, 0.4) is 0 Å². The number of hydrogen-bond acceptors (Lipinski definition) is 0. The summed E-state index contributed by atoms with van der Waals surface area (Å²) in [6.45, 7) is 0. The third-order valence-corrected chi connectivity index (χ3v) is 8.58. The van der Waals surface area contributed by atoms with Crippen molar-refractivity contribution >= 4 is 11.1 Å².